The van der Waals surface area contributed by atoms with E-state index in [9.17, 15) is 0 Å². The first-order valence-corrected chi connectivity index (χ1v) is 17.1. The van der Waals surface area contributed by atoms with Crippen LogP contribution in [-0.2, 0) is 0 Å². The summed E-state index contributed by atoms with van der Waals surface area (Å²) < 4.78 is 4.72. The van der Waals surface area contributed by atoms with Gasteiger partial charge in [-0.3, -0.25) is 0 Å². The van der Waals surface area contributed by atoms with E-state index in [0.29, 0.717) is 0 Å². The van der Waals surface area contributed by atoms with Gasteiger partial charge in [0, 0.05) is 39.1 Å². The van der Waals surface area contributed by atoms with E-state index in [0.717, 1.165) is 28.0 Å². The van der Waals surface area contributed by atoms with Crippen LogP contribution in [0.1, 0.15) is 11.9 Å². The molecule has 0 radical (unpaired) electrons. The molecule has 0 saturated heterocycles. The summed E-state index contributed by atoms with van der Waals surface area (Å²) in [6, 6.07) is 60.9. The fourth-order valence-electron chi connectivity index (χ4n) is 7.70. The van der Waals surface area contributed by atoms with Gasteiger partial charge in [0.1, 0.15) is 0 Å². The number of nitrogens with one attached hydrogen (secondary N) is 1. The molecule has 1 unspecified atom stereocenters. The van der Waals surface area contributed by atoms with Gasteiger partial charge >= 0.3 is 0 Å². The first kappa shape index (κ1) is 28.4. The molecular weight excluding hydrogens is 609 g/mol. The average Bonchev–Trinajstić information content (AvgIpc) is 3.71. The first-order chi connectivity index (χ1) is 24.8. The number of aromatic nitrogens is 2. The van der Waals surface area contributed by atoms with Crippen molar-refractivity contribution in [1.82, 2.24) is 14.5 Å². The van der Waals surface area contributed by atoms with E-state index in [-0.39, 0.29) is 6.29 Å². The number of benzene rings is 7. The summed E-state index contributed by atoms with van der Waals surface area (Å²) >= 11 is 0. The second-order valence-electron chi connectivity index (χ2n) is 12.9. The van der Waals surface area contributed by atoms with Gasteiger partial charge in [-0.2, -0.15) is 0 Å². The zero-order valence-electron chi connectivity index (χ0n) is 27.2. The summed E-state index contributed by atoms with van der Waals surface area (Å²) in [6.07, 6.45) is 3.71. The SMILES string of the molecule is C1=NC(n2c3ccccc3c3cc(-n4c5ccccc5c5ccccc54)ccc32)NC(c2cccc(-c3cccc(-c4ccccc4)c3)c2)=C1. The monoisotopic (exact) mass is 640 g/mol. The Morgan fingerprint density at radius 3 is 1.64 bits per heavy atom. The van der Waals surface area contributed by atoms with Crippen LogP contribution in [0.15, 0.2) is 181 Å². The number of rotatable bonds is 5. The molecule has 0 bridgehead atoms. The van der Waals surface area contributed by atoms with Gasteiger partial charge in [0.25, 0.3) is 0 Å². The molecule has 0 aliphatic carbocycles. The van der Waals surface area contributed by atoms with Gasteiger partial charge in [0.15, 0.2) is 0 Å². The van der Waals surface area contributed by atoms with Gasteiger partial charge < -0.3 is 14.5 Å². The fraction of sp³-hybridized carbons (Fsp3) is 0.0217. The number of aliphatic imine (C=N–C) groups is 1. The molecule has 7 aromatic carbocycles. The highest BCUT2D eigenvalue weighted by atomic mass is 15.3. The molecule has 0 spiro atoms. The molecule has 4 nitrogen and oxygen atoms in total. The van der Waals surface area contributed by atoms with Crippen LogP contribution >= 0.6 is 0 Å². The van der Waals surface area contributed by atoms with Crippen molar-refractivity contribution in [2.24, 2.45) is 4.99 Å². The van der Waals surface area contributed by atoms with Crippen molar-refractivity contribution >= 4 is 55.5 Å². The maximum Gasteiger partial charge on any atom is 0.200 e. The largest absolute Gasteiger partial charge is 0.346 e. The summed E-state index contributed by atoms with van der Waals surface area (Å²) in [7, 11) is 0. The standard InChI is InChI=1S/C46H32N4/c1-2-12-31(13-3-1)32-14-10-15-33(28-32)34-16-11-17-35(29-34)41-26-27-47-46(48-41)50-44-23-9-6-20-39(44)40-30-36(24-25-45(40)50)49-42-21-7-4-18-37(42)38-19-5-8-22-43(38)49/h1-30,46,48H. The van der Waals surface area contributed by atoms with Gasteiger partial charge in [0.2, 0.25) is 6.29 Å². The van der Waals surface area contributed by atoms with Crippen molar-refractivity contribution < 1.29 is 0 Å². The minimum Gasteiger partial charge on any atom is -0.346 e. The van der Waals surface area contributed by atoms with Gasteiger partial charge in [-0.25, -0.2) is 4.99 Å². The van der Waals surface area contributed by atoms with Gasteiger partial charge in [-0.1, -0.05) is 121 Å². The zero-order valence-corrected chi connectivity index (χ0v) is 27.2. The van der Waals surface area contributed by atoms with Crippen LogP contribution in [0.4, 0.5) is 0 Å². The molecule has 0 saturated carbocycles. The molecule has 1 atom stereocenters. The molecule has 4 heteroatoms. The predicted molar refractivity (Wildman–Crippen MR) is 210 cm³/mol. The number of hydrogen-bond acceptors (Lipinski definition) is 2. The minimum absolute atomic E-state index is 0.304. The zero-order chi connectivity index (χ0) is 33.0. The van der Waals surface area contributed by atoms with Crippen molar-refractivity contribution in [3.05, 3.63) is 181 Å². The average molecular weight is 641 g/mol. The van der Waals surface area contributed by atoms with Crippen LogP contribution in [-0.4, -0.2) is 15.3 Å². The summed E-state index contributed by atoms with van der Waals surface area (Å²) in [6.45, 7) is 0. The lowest BCUT2D eigenvalue weighted by molar-refractivity contribution is 0.510. The summed E-state index contributed by atoms with van der Waals surface area (Å²) in [5, 5.41) is 8.72. The highest BCUT2D eigenvalue weighted by Gasteiger charge is 2.21. The second-order valence-corrected chi connectivity index (χ2v) is 12.9. The Bertz CT molecular complexity index is 2740. The second kappa shape index (κ2) is 11.5. The quantitative estimate of drug-likeness (QED) is 0.200. The smallest absolute Gasteiger partial charge is 0.200 e. The van der Waals surface area contributed by atoms with Crippen LogP contribution in [0.3, 0.4) is 0 Å². The van der Waals surface area contributed by atoms with Crippen LogP contribution < -0.4 is 5.32 Å². The third-order valence-electron chi connectivity index (χ3n) is 10.0. The van der Waals surface area contributed by atoms with E-state index < -0.39 is 0 Å². The van der Waals surface area contributed by atoms with E-state index in [1.807, 2.05) is 6.21 Å². The summed E-state index contributed by atoms with van der Waals surface area (Å²) in [5.74, 6) is 0. The van der Waals surface area contributed by atoms with Crippen LogP contribution in [0.25, 0.3) is 77.2 Å². The Kier molecular flexibility index (Phi) is 6.53. The number of fused-ring (bicyclic) bond motifs is 6. The van der Waals surface area contributed by atoms with Crippen molar-refractivity contribution in [2.45, 2.75) is 6.29 Å². The lowest BCUT2D eigenvalue weighted by Crippen LogP contribution is -2.26. The van der Waals surface area contributed by atoms with E-state index >= 15 is 0 Å². The number of allylic oxidation sites excluding steroid dienone is 1. The van der Waals surface area contributed by atoms with Crippen LogP contribution in [0.2, 0.25) is 0 Å². The molecule has 1 N–H and O–H groups in total. The number of para-hydroxylation sites is 3. The molecule has 50 heavy (non-hydrogen) atoms. The lowest BCUT2D eigenvalue weighted by atomic mass is 9.97. The van der Waals surface area contributed by atoms with Crippen LogP contribution in [0, 0.1) is 0 Å². The van der Waals surface area contributed by atoms with E-state index in [1.165, 1.54) is 54.8 Å². The maximum atomic E-state index is 4.97. The molecule has 0 amide bonds. The molecule has 0 fully saturated rings. The normalized spacial score (nSPS) is 14.4. The number of nitrogens with zero attached hydrogens (tertiary/aromatic N) is 3. The minimum atomic E-state index is -0.304. The molecule has 1 aliphatic heterocycles. The van der Waals surface area contributed by atoms with Crippen molar-refractivity contribution in [2.75, 3.05) is 0 Å². The topological polar surface area (TPSA) is 34.2 Å². The number of hydrogen-bond donors (Lipinski definition) is 1. The van der Waals surface area contributed by atoms with E-state index in [4.69, 9.17) is 4.99 Å². The van der Waals surface area contributed by atoms with Crippen LogP contribution in [0.5, 0.6) is 0 Å². The third-order valence-corrected chi connectivity index (χ3v) is 10.0. The fourth-order valence-corrected chi connectivity index (χ4v) is 7.70. The Morgan fingerprint density at radius 2 is 0.940 bits per heavy atom. The third kappa shape index (κ3) is 4.57. The Morgan fingerprint density at radius 1 is 0.420 bits per heavy atom. The van der Waals surface area contributed by atoms with Gasteiger partial charge in [-0.05, 0) is 82.4 Å². The Balaban J connectivity index is 1.04. The highest BCUT2D eigenvalue weighted by molar-refractivity contribution is 6.11. The van der Waals surface area contributed by atoms with E-state index in [1.54, 1.807) is 0 Å². The highest BCUT2D eigenvalue weighted by Crippen LogP contribution is 2.37. The summed E-state index contributed by atoms with van der Waals surface area (Å²) in [4.78, 5) is 4.97. The predicted octanol–water partition coefficient (Wildman–Crippen LogP) is 11.4. The van der Waals surface area contributed by atoms with Crippen molar-refractivity contribution in [3.63, 3.8) is 0 Å². The molecule has 3 heterocycles. The maximum absolute atomic E-state index is 4.97. The van der Waals surface area contributed by atoms with Gasteiger partial charge in [0.05, 0.1) is 22.1 Å². The molecule has 236 valence electrons. The van der Waals surface area contributed by atoms with E-state index in [2.05, 4.69) is 190 Å². The molecule has 10 rings (SSSR count). The lowest BCUT2D eigenvalue weighted by Gasteiger charge is -2.24. The van der Waals surface area contributed by atoms with Crippen molar-refractivity contribution in [1.29, 1.82) is 0 Å². The Hall–Kier alpha value is -6.65. The van der Waals surface area contributed by atoms with Gasteiger partial charge in [-0.15, -0.1) is 0 Å². The molecule has 2 aromatic heterocycles. The molecule has 1 aliphatic rings. The molecule has 9 aromatic rings. The Labute approximate surface area is 289 Å². The summed E-state index contributed by atoms with van der Waals surface area (Å²) in [5.41, 5.74) is 12.8. The first-order valence-electron chi connectivity index (χ1n) is 17.1. The van der Waals surface area contributed by atoms with Crippen molar-refractivity contribution in [3.8, 4) is 27.9 Å². The molecular formula is C46H32N4.